The van der Waals surface area contributed by atoms with Crippen molar-refractivity contribution in [1.82, 2.24) is 15.2 Å². The van der Waals surface area contributed by atoms with E-state index < -0.39 is 0 Å². The number of methoxy groups -OCH3 is 1. The molecule has 1 aromatic heterocycles. The third kappa shape index (κ3) is 5.08. The van der Waals surface area contributed by atoms with Crippen LogP contribution in [0.5, 0.6) is 0 Å². The molecule has 1 aromatic carbocycles. The van der Waals surface area contributed by atoms with E-state index in [-0.39, 0.29) is 5.56 Å². The smallest absolute Gasteiger partial charge is 0.253 e. The number of ether oxygens (including phenoxy) is 1. The minimum absolute atomic E-state index is 0.0353. The third-order valence-electron chi connectivity index (χ3n) is 5.28. The number of nitrogens with zero attached hydrogens (tertiary/aromatic N) is 1. The summed E-state index contributed by atoms with van der Waals surface area (Å²) in [5.41, 5.74) is 2.78. The van der Waals surface area contributed by atoms with Gasteiger partial charge in [-0.25, -0.2) is 0 Å². The lowest BCUT2D eigenvalue weighted by atomic mass is 9.94. The van der Waals surface area contributed by atoms with Gasteiger partial charge in [0.2, 0.25) is 0 Å². The van der Waals surface area contributed by atoms with E-state index in [0.717, 1.165) is 29.3 Å². The summed E-state index contributed by atoms with van der Waals surface area (Å²) in [6.07, 6.45) is 5.96. The zero-order chi connectivity index (χ0) is 19.2. The van der Waals surface area contributed by atoms with Crippen LogP contribution in [0.1, 0.15) is 43.2 Å². The van der Waals surface area contributed by atoms with E-state index in [1.54, 1.807) is 7.11 Å². The molecular formula is C21H29N3O2S. The summed E-state index contributed by atoms with van der Waals surface area (Å²) in [4.78, 5) is 17.9. The monoisotopic (exact) mass is 387 g/mol. The first kappa shape index (κ1) is 19.8. The molecule has 2 aromatic rings. The normalized spacial score (nSPS) is 15.0. The van der Waals surface area contributed by atoms with E-state index in [1.165, 1.54) is 24.8 Å². The standard InChI is InChI=1S/C21H29N3O2S/c1-15-8-9-19-16(12-15)13-17(20(25)23-19)14-24(18-6-4-3-5-7-18)21(27)22-10-11-26-2/h8-9,12-13,18H,3-7,10-11,14H2,1-2H3,(H,22,27)(H,23,25). The van der Waals surface area contributed by atoms with E-state index in [1.807, 2.05) is 18.2 Å². The lowest BCUT2D eigenvalue weighted by Crippen LogP contribution is -2.47. The summed E-state index contributed by atoms with van der Waals surface area (Å²) in [7, 11) is 1.68. The highest BCUT2D eigenvalue weighted by Crippen LogP contribution is 2.24. The quantitative estimate of drug-likeness (QED) is 0.587. The number of nitrogens with one attached hydrogen (secondary N) is 2. The molecule has 146 valence electrons. The number of thiocarbonyl (C=S) groups is 1. The van der Waals surface area contributed by atoms with Gasteiger partial charge in [-0.2, -0.15) is 0 Å². The summed E-state index contributed by atoms with van der Waals surface area (Å²) < 4.78 is 5.12. The summed E-state index contributed by atoms with van der Waals surface area (Å²) in [5.74, 6) is 0. The first-order valence-corrected chi connectivity index (χ1v) is 10.2. The van der Waals surface area contributed by atoms with E-state index in [9.17, 15) is 4.79 Å². The van der Waals surface area contributed by atoms with Crippen molar-refractivity contribution in [2.75, 3.05) is 20.3 Å². The maximum absolute atomic E-state index is 12.7. The number of hydrogen-bond acceptors (Lipinski definition) is 3. The van der Waals surface area contributed by atoms with Crippen LogP contribution in [0, 0.1) is 6.92 Å². The molecule has 1 heterocycles. The van der Waals surface area contributed by atoms with Crippen LogP contribution in [0.4, 0.5) is 0 Å². The van der Waals surface area contributed by atoms with Crippen LogP contribution in [0.3, 0.4) is 0 Å². The molecule has 2 N–H and O–H groups in total. The molecular weight excluding hydrogens is 358 g/mol. The van der Waals surface area contributed by atoms with E-state index in [4.69, 9.17) is 17.0 Å². The molecule has 0 amide bonds. The lowest BCUT2D eigenvalue weighted by Gasteiger charge is -2.36. The molecule has 1 fully saturated rings. The fourth-order valence-electron chi connectivity index (χ4n) is 3.79. The second-order valence-electron chi connectivity index (χ2n) is 7.36. The number of fused-ring (bicyclic) bond motifs is 1. The van der Waals surface area contributed by atoms with Crippen molar-refractivity contribution in [3.05, 3.63) is 45.7 Å². The maximum atomic E-state index is 12.7. The second-order valence-corrected chi connectivity index (χ2v) is 7.75. The van der Waals surface area contributed by atoms with Crippen molar-refractivity contribution in [3.8, 4) is 0 Å². The van der Waals surface area contributed by atoms with Gasteiger partial charge in [-0.1, -0.05) is 30.9 Å². The van der Waals surface area contributed by atoms with Gasteiger partial charge < -0.3 is 19.9 Å². The number of pyridine rings is 1. The third-order valence-corrected chi connectivity index (χ3v) is 5.65. The number of benzene rings is 1. The van der Waals surface area contributed by atoms with Gasteiger partial charge in [0.25, 0.3) is 5.56 Å². The van der Waals surface area contributed by atoms with Crippen molar-refractivity contribution in [2.24, 2.45) is 0 Å². The Labute approximate surface area is 166 Å². The first-order chi connectivity index (χ1) is 13.1. The summed E-state index contributed by atoms with van der Waals surface area (Å²) in [6, 6.07) is 8.48. The highest BCUT2D eigenvalue weighted by Gasteiger charge is 2.24. The zero-order valence-corrected chi connectivity index (χ0v) is 17.0. The molecule has 3 rings (SSSR count). The Kier molecular flexibility index (Phi) is 6.85. The largest absolute Gasteiger partial charge is 0.383 e. The van der Waals surface area contributed by atoms with Crippen LogP contribution >= 0.6 is 12.2 Å². The highest BCUT2D eigenvalue weighted by atomic mass is 32.1. The van der Waals surface area contributed by atoms with Gasteiger partial charge in [0.05, 0.1) is 13.2 Å². The maximum Gasteiger partial charge on any atom is 0.253 e. The van der Waals surface area contributed by atoms with Crippen LogP contribution in [0.25, 0.3) is 10.9 Å². The molecule has 0 saturated heterocycles. The minimum Gasteiger partial charge on any atom is -0.383 e. The highest BCUT2D eigenvalue weighted by molar-refractivity contribution is 7.80. The fourth-order valence-corrected chi connectivity index (χ4v) is 4.11. The molecule has 6 heteroatoms. The second kappa shape index (κ2) is 9.33. The number of aromatic nitrogens is 1. The number of hydrogen-bond donors (Lipinski definition) is 2. The van der Waals surface area contributed by atoms with Gasteiger partial charge in [0.15, 0.2) is 5.11 Å². The van der Waals surface area contributed by atoms with E-state index in [2.05, 4.69) is 28.2 Å². The Morgan fingerprint density at radius 2 is 2.07 bits per heavy atom. The van der Waals surface area contributed by atoms with Gasteiger partial charge in [-0.3, -0.25) is 4.79 Å². The molecule has 1 aliphatic carbocycles. The predicted molar refractivity (Wildman–Crippen MR) is 114 cm³/mol. The molecule has 0 aliphatic heterocycles. The van der Waals surface area contributed by atoms with Gasteiger partial charge in [-0.15, -0.1) is 0 Å². The molecule has 0 unspecified atom stereocenters. The number of rotatable bonds is 6. The molecule has 0 spiro atoms. The minimum atomic E-state index is -0.0353. The topological polar surface area (TPSA) is 57.4 Å². The van der Waals surface area contributed by atoms with Gasteiger partial charge in [0, 0.05) is 30.8 Å². The summed E-state index contributed by atoms with van der Waals surface area (Å²) in [5, 5.41) is 5.06. The molecule has 27 heavy (non-hydrogen) atoms. The average Bonchev–Trinajstić information content (AvgIpc) is 2.67. The Morgan fingerprint density at radius 3 is 2.81 bits per heavy atom. The SMILES string of the molecule is COCCNC(=S)N(Cc1cc2cc(C)ccc2[nH]c1=O)C1CCCCC1. The molecule has 0 bridgehead atoms. The van der Waals surface area contributed by atoms with Gasteiger partial charge in [0.1, 0.15) is 0 Å². The molecule has 5 nitrogen and oxygen atoms in total. The van der Waals surface area contributed by atoms with Crippen LogP contribution in [-0.2, 0) is 11.3 Å². The Morgan fingerprint density at radius 1 is 1.30 bits per heavy atom. The molecule has 0 radical (unpaired) electrons. The van der Waals surface area contributed by atoms with E-state index in [0.29, 0.717) is 30.9 Å². The first-order valence-electron chi connectivity index (χ1n) is 9.74. The van der Waals surface area contributed by atoms with Crippen LogP contribution in [-0.4, -0.2) is 41.3 Å². The molecule has 1 aliphatic rings. The number of aryl methyl sites for hydroxylation is 1. The van der Waals surface area contributed by atoms with Crippen molar-refractivity contribution in [1.29, 1.82) is 0 Å². The summed E-state index contributed by atoms with van der Waals surface area (Å²) in [6.45, 7) is 3.87. The van der Waals surface area contributed by atoms with Crippen molar-refractivity contribution < 1.29 is 4.74 Å². The fraction of sp³-hybridized carbons (Fsp3) is 0.524. The van der Waals surface area contributed by atoms with Crippen molar-refractivity contribution in [2.45, 2.75) is 51.6 Å². The van der Waals surface area contributed by atoms with Crippen LogP contribution < -0.4 is 10.9 Å². The molecule has 1 saturated carbocycles. The van der Waals surface area contributed by atoms with E-state index >= 15 is 0 Å². The number of aromatic amines is 1. The zero-order valence-electron chi connectivity index (χ0n) is 16.2. The number of H-pyrrole nitrogens is 1. The van der Waals surface area contributed by atoms with Crippen molar-refractivity contribution >= 4 is 28.2 Å². The Hall–Kier alpha value is -1.92. The van der Waals surface area contributed by atoms with Gasteiger partial charge >= 0.3 is 0 Å². The Bertz CT molecular complexity index is 843. The predicted octanol–water partition coefficient (Wildman–Crippen LogP) is 3.49. The average molecular weight is 388 g/mol. The Balaban J connectivity index is 1.86. The molecule has 0 atom stereocenters. The lowest BCUT2D eigenvalue weighted by molar-refractivity contribution is 0.199. The van der Waals surface area contributed by atoms with Gasteiger partial charge in [-0.05, 0) is 55.6 Å². The summed E-state index contributed by atoms with van der Waals surface area (Å²) >= 11 is 5.68. The van der Waals surface area contributed by atoms with Crippen LogP contribution in [0.15, 0.2) is 29.1 Å². The van der Waals surface area contributed by atoms with Crippen molar-refractivity contribution in [3.63, 3.8) is 0 Å². The van der Waals surface area contributed by atoms with Crippen LogP contribution in [0.2, 0.25) is 0 Å².